The van der Waals surface area contributed by atoms with Gasteiger partial charge in [0.1, 0.15) is 17.6 Å². The molecule has 0 saturated carbocycles. The summed E-state index contributed by atoms with van der Waals surface area (Å²) in [6, 6.07) is 6.11. The summed E-state index contributed by atoms with van der Waals surface area (Å²) in [5.74, 6) is -0.596. The second kappa shape index (κ2) is 14.7. The number of methoxy groups -OCH3 is 1. The molecule has 2 heterocycles. The number of nitrogen functional groups attached to an aromatic ring is 1. The molecule has 0 aliphatic heterocycles. The number of anilines is 1. The Bertz CT molecular complexity index is 1390. The Morgan fingerprint density at radius 1 is 1.12 bits per heavy atom. The second-order valence-electron chi connectivity index (χ2n) is 8.87. The Morgan fingerprint density at radius 3 is 2.52 bits per heavy atom. The maximum absolute atomic E-state index is 12.5. The normalized spacial score (nSPS) is 16.6. The zero-order chi connectivity index (χ0) is 29.1. The minimum Gasteiger partial charge on any atom is -0.467 e. The van der Waals surface area contributed by atoms with Crippen LogP contribution in [0.4, 0.5) is 5.82 Å². The number of rotatable bonds is 12. The summed E-state index contributed by atoms with van der Waals surface area (Å²) in [6.07, 6.45) is 7.32. The number of benzene rings is 1. The van der Waals surface area contributed by atoms with Gasteiger partial charge in [-0.1, -0.05) is 45.1 Å². The molecule has 3 aromatic rings. The average Bonchev–Trinajstić information content (AvgIpc) is 3.60. The van der Waals surface area contributed by atoms with E-state index in [1.807, 2.05) is 21.4 Å². The number of nitrogens with two attached hydrogens (primary N) is 1. The lowest BCUT2D eigenvalue weighted by Gasteiger charge is -2.15. The SMILES string of the molecule is CCN(CC)CC.COCOc1ccccc1C(=O)NS(=O)(=O)OC[C@@H]1C=C[C@H](n2cnc3c(N)ncnc32)C1. The van der Waals surface area contributed by atoms with Crippen LogP contribution in [0.1, 0.15) is 43.6 Å². The lowest BCUT2D eigenvalue weighted by molar-refractivity contribution is 0.0502. The predicted octanol–water partition coefficient (Wildman–Crippen LogP) is 2.55. The summed E-state index contributed by atoms with van der Waals surface area (Å²) in [5.41, 5.74) is 6.96. The van der Waals surface area contributed by atoms with E-state index in [1.165, 1.54) is 45.2 Å². The van der Waals surface area contributed by atoms with E-state index < -0.39 is 16.2 Å². The van der Waals surface area contributed by atoms with E-state index in [0.717, 1.165) is 0 Å². The smallest absolute Gasteiger partial charge is 0.362 e. The van der Waals surface area contributed by atoms with Crippen molar-refractivity contribution in [2.75, 3.05) is 45.9 Å². The van der Waals surface area contributed by atoms with Crippen LogP contribution in [0, 0.1) is 5.92 Å². The Labute approximate surface area is 234 Å². The molecule has 1 aliphatic carbocycles. The third kappa shape index (κ3) is 8.21. The van der Waals surface area contributed by atoms with Gasteiger partial charge in [-0.15, -0.1) is 0 Å². The van der Waals surface area contributed by atoms with Crippen molar-refractivity contribution in [2.45, 2.75) is 33.2 Å². The van der Waals surface area contributed by atoms with Crippen molar-refractivity contribution in [2.24, 2.45) is 5.92 Å². The topological polar surface area (TPSA) is 164 Å². The van der Waals surface area contributed by atoms with Crippen LogP contribution in [-0.4, -0.2) is 78.9 Å². The Morgan fingerprint density at radius 2 is 1.85 bits per heavy atom. The zero-order valence-electron chi connectivity index (χ0n) is 23.2. The summed E-state index contributed by atoms with van der Waals surface area (Å²) in [7, 11) is -2.91. The summed E-state index contributed by atoms with van der Waals surface area (Å²) in [4.78, 5) is 27.2. The van der Waals surface area contributed by atoms with Crippen LogP contribution < -0.4 is 15.2 Å². The van der Waals surface area contributed by atoms with Gasteiger partial charge in [0.05, 0.1) is 24.5 Å². The van der Waals surface area contributed by atoms with Gasteiger partial charge < -0.3 is 24.7 Å². The number of allylic oxidation sites excluding steroid dienone is 1. The molecule has 1 aromatic carbocycles. The molecule has 0 spiro atoms. The van der Waals surface area contributed by atoms with Gasteiger partial charge in [0.15, 0.2) is 18.3 Å². The molecule has 14 heteroatoms. The minimum absolute atomic E-state index is 0.0378. The van der Waals surface area contributed by atoms with Gasteiger partial charge >= 0.3 is 10.3 Å². The van der Waals surface area contributed by atoms with Gasteiger partial charge in [-0.05, 0) is 38.2 Å². The molecule has 0 bridgehead atoms. The first-order valence-corrected chi connectivity index (χ1v) is 14.4. The number of carbonyl (C=O) groups excluding carboxylic acids is 1. The average molecular weight is 576 g/mol. The van der Waals surface area contributed by atoms with Gasteiger partial charge in [0.25, 0.3) is 5.91 Å². The number of hydrogen-bond donors (Lipinski definition) is 2. The highest BCUT2D eigenvalue weighted by molar-refractivity contribution is 7.85. The first-order chi connectivity index (χ1) is 19.2. The Hall–Kier alpha value is -3.59. The molecule has 0 saturated heterocycles. The molecule has 0 fully saturated rings. The van der Waals surface area contributed by atoms with Crippen molar-refractivity contribution in [3.8, 4) is 5.75 Å². The molecule has 2 atom stereocenters. The van der Waals surface area contributed by atoms with Crippen LogP contribution in [0.3, 0.4) is 0 Å². The van der Waals surface area contributed by atoms with Crippen molar-refractivity contribution >= 4 is 33.2 Å². The highest BCUT2D eigenvalue weighted by atomic mass is 32.2. The number of nitrogens with one attached hydrogen (secondary N) is 1. The highest BCUT2D eigenvalue weighted by Gasteiger charge is 2.26. The van der Waals surface area contributed by atoms with Gasteiger partial charge in [-0.3, -0.25) is 8.98 Å². The predicted molar refractivity (Wildman–Crippen MR) is 151 cm³/mol. The lowest BCUT2D eigenvalue weighted by Crippen LogP contribution is -2.33. The molecular weight excluding hydrogens is 538 g/mol. The number of imidazole rings is 1. The third-order valence-electron chi connectivity index (χ3n) is 6.35. The quantitative estimate of drug-likeness (QED) is 0.241. The van der Waals surface area contributed by atoms with Crippen molar-refractivity contribution in [3.63, 3.8) is 0 Å². The number of amides is 1. The van der Waals surface area contributed by atoms with E-state index >= 15 is 0 Å². The Kier molecular flexibility index (Phi) is 11.4. The molecule has 3 N–H and O–H groups in total. The highest BCUT2D eigenvalue weighted by Crippen LogP contribution is 2.31. The van der Waals surface area contributed by atoms with Crippen LogP contribution in [0.25, 0.3) is 11.2 Å². The van der Waals surface area contributed by atoms with Gasteiger partial charge in [-0.25, -0.2) is 19.7 Å². The zero-order valence-corrected chi connectivity index (χ0v) is 24.0. The van der Waals surface area contributed by atoms with E-state index in [2.05, 4.69) is 40.6 Å². The second-order valence-corrected chi connectivity index (χ2v) is 10.2. The van der Waals surface area contributed by atoms with Crippen molar-refractivity contribution in [3.05, 3.63) is 54.6 Å². The third-order valence-corrected chi connectivity index (χ3v) is 7.24. The van der Waals surface area contributed by atoms with Gasteiger partial charge in [0.2, 0.25) is 0 Å². The van der Waals surface area contributed by atoms with Crippen molar-refractivity contribution in [1.29, 1.82) is 0 Å². The number of aromatic nitrogens is 4. The van der Waals surface area contributed by atoms with Crippen LogP contribution in [0.5, 0.6) is 5.75 Å². The first-order valence-electron chi connectivity index (χ1n) is 13.0. The van der Waals surface area contributed by atoms with E-state index in [9.17, 15) is 13.2 Å². The standard InChI is InChI=1S/C20H22N6O6S.C6H15N/c1-30-12-31-16-5-3-2-4-15(16)20(27)25-33(28,29)32-9-13-6-7-14(8-13)26-11-24-17-18(21)22-10-23-19(17)26;1-4-7(5-2)6-3/h2-7,10-11,13-14H,8-9,12H2,1H3,(H,25,27)(H2,21,22,23);4-6H2,1-3H3/t13-,14+;/m1./s1. The largest absolute Gasteiger partial charge is 0.467 e. The fraction of sp³-hybridized carbons (Fsp3) is 0.462. The summed E-state index contributed by atoms with van der Waals surface area (Å²) >= 11 is 0. The molecule has 40 heavy (non-hydrogen) atoms. The van der Waals surface area contributed by atoms with E-state index in [0.29, 0.717) is 17.6 Å². The first kappa shape index (κ1) is 30.9. The molecule has 4 rings (SSSR count). The molecule has 0 radical (unpaired) electrons. The van der Waals surface area contributed by atoms with Crippen molar-refractivity contribution in [1.82, 2.24) is 29.1 Å². The van der Waals surface area contributed by atoms with Gasteiger partial charge in [0, 0.05) is 13.0 Å². The summed E-state index contributed by atoms with van der Waals surface area (Å²) < 4.78 is 43.6. The van der Waals surface area contributed by atoms with Crippen LogP contribution >= 0.6 is 0 Å². The number of ether oxygens (including phenoxy) is 2. The maximum atomic E-state index is 12.5. The summed E-state index contributed by atoms with van der Waals surface area (Å²) in [5, 5.41) is 0. The number of hydrogen-bond acceptors (Lipinski definition) is 11. The molecule has 13 nitrogen and oxygen atoms in total. The van der Waals surface area contributed by atoms with Gasteiger partial charge in [-0.2, -0.15) is 8.42 Å². The lowest BCUT2D eigenvalue weighted by atomic mass is 10.1. The number of fused-ring (bicyclic) bond motifs is 1. The number of carbonyl (C=O) groups is 1. The fourth-order valence-electron chi connectivity index (χ4n) is 4.14. The number of nitrogens with zero attached hydrogens (tertiary/aromatic N) is 5. The molecule has 0 unspecified atom stereocenters. The van der Waals surface area contributed by atoms with E-state index in [4.69, 9.17) is 19.4 Å². The van der Waals surface area contributed by atoms with Crippen LogP contribution in [0.2, 0.25) is 0 Å². The van der Waals surface area contributed by atoms with E-state index in [1.54, 1.807) is 18.5 Å². The van der Waals surface area contributed by atoms with E-state index in [-0.39, 0.29) is 42.5 Å². The fourth-order valence-corrected chi connectivity index (χ4v) is 4.89. The molecule has 2 aromatic heterocycles. The molecule has 218 valence electrons. The van der Waals surface area contributed by atoms with Crippen LogP contribution in [-0.2, 0) is 19.2 Å². The molecule has 1 amide bonds. The monoisotopic (exact) mass is 575 g/mol. The molecule has 1 aliphatic rings. The summed E-state index contributed by atoms with van der Waals surface area (Å²) in [6.45, 7) is 9.90. The van der Waals surface area contributed by atoms with Crippen molar-refractivity contribution < 1.29 is 26.9 Å². The Balaban J connectivity index is 0.000000559. The maximum Gasteiger partial charge on any atom is 0.362 e. The number of para-hydroxylation sites is 1. The molecular formula is C26H37N7O6S. The minimum atomic E-state index is -4.34. The van der Waals surface area contributed by atoms with Crippen LogP contribution in [0.15, 0.2) is 49.1 Å².